The standard InChI is InChI=1S/C23H24O2S/c1-18-10-14-22(15-11-18)26(24)23(2)16-5-4-8-20(23)13-12-19-7-6-9-21(17-19)25-3/h4-17,20H,1-3H3/b13-12+. The lowest BCUT2D eigenvalue weighted by Gasteiger charge is -2.32. The zero-order valence-corrected chi connectivity index (χ0v) is 16.2. The van der Waals surface area contributed by atoms with Gasteiger partial charge in [0.2, 0.25) is 0 Å². The van der Waals surface area contributed by atoms with Gasteiger partial charge in [0.1, 0.15) is 5.75 Å². The van der Waals surface area contributed by atoms with Crippen LogP contribution in [0.5, 0.6) is 5.75 Å². The Morgan fingerprint density at radius 3 is 2.62 bits per heavy atom. The first-order valence-corrected chi connectivity index (χ1v) is 9.85. The molecule has 1 aliphatic carbocycles. The fraction of sp³-hybridized carbons (Fsp3) is 0.217. The second-order valence-corrected chi connectivity index (χ2v) is 8.56. The number of methoxy groups -OCH3 is 1. The maximum Gasteiger partial charge on any atom is 0.119 e. The Morgan fingerprint density at radius 1 is 1.12 bits per heavy atom. The van der Waals surface area contributed by atoms with Gasteiger partial charge in [0, 0.05) is 10.8 Å². The minimum atomic E-state index is -1.15. The molecule has 0 N–H and O–H groups in total. The van der Waals surface area contributed by atoms with Gasteiger partial charge in [-0.3, -0.25) is 4.21 Å². The summed E-state index contributed by atoms with van der Waals surface area (Å²) in [5.74, 6) is 0.873. The topological polar surface area (TPSA) is 26.3 Å². The van der Waals surface area contributed by atoms with Crippen LogP contribution in [-0.2, 0) is 10.8 Å². The molecule has 0 spiro atoms. The average Bonchev–Trinajstić information content (AvgIpc) is 2.67. The second kappa shape index (κ2) is 7.88. The first-order valence-electron chi connectivity index (χ1n) is 8.70. The lowest BCUT2D eigenvalue weighted by Crippen LogP contribution is -2.36. The third kappa shape index (κ3) is 3.88. The van der Waals surface area contributed by atoms with Crippen LogP contribution in [0.15, 0.2) is 83.8 Å². The van der Waals surface area contributed by atoms with Gasteiger partial charge < -0.3 is 4.74 Å². The summed E-state index contributed by atoms with van der Waals surface area (Å²) in [5.41, 5.74) is 2.24. The van der Waals surface area contributed by atoms with Gasteiger partial charge in [0.15, 0.2) is 0 Å². The number of allylic oxidation sites excluding steroid dienone is 4. The fourth-order valence-corrected chi connectivity index (χ4v) is 4.55. The number of hydrogen-bond acceptors (Lipinski definition) is 2. The molecule has 0 fully saturated rings. The van der Waals surface area contributed by atoms with Crippen molar-refractivity contribution in [3.8, 4) is 5.75 Å². The fourth-order valence-electron chi connectivity index (χ4n) is 3.05. The van der Waals surface area contributed by atoms with E-state index in [4.69, 9.17) is 4.74 Å². The summed E-state index contributed by atoms with van der Waals surface area (Å²) in [6.45, 7) is 4.10. The minimum absolute atomic E-state index is 0.0424. The van der Waals surface area contributed by atoms with E-state index in [1.165, 1.54) is 5.56 Å². The van der Waals surface area contributed by atoms with Crippen molar-refractivity contribution in [3.05, 3.63) is 90.0 Å². The summed E-state index contributed by atoms with van der Waals surface area (Å²) in [6, 6.07) is 15.9. The minimum Gasteiger partial charge on any atom is -0.497 e. The number of aryl methyl sites for hydroxylation is 1. The first kappa shape index (κ1) is 18.4. The molecule has 0 aromatic heterocycles. The van der Waals surface area contributed by atoms with Gasteiger partial charge in [-0.15, -0.1) is 0 Å². The van der Waals surface area contributed by atoms with Gasteiger partial charge in [-0.25, -0.2) is 0 Å². The molecular formula is C23H24O2S. The summed E-state index contributed by atoms with van der Waals surface area (Å²) in [4.78, 5) is 0.859. The van der Waals surface area contributed by atoms with Crippen molar-refractivity contribution in [2.75, 3.05) is 7.11 Å². The van der Waals surface area contributed by atoms with E-state index in [-0.39, 0.29) is 5.92 Å². The maximum absolute atomic E-state index is 13.3. The SMILES string of the molecule is COc1cccc(/C=C/C2C=CC=CC2(C)S(=O)c2ccc(C)cc2)c1. The molecule has 3 heteroatoms. The van der Waals surface area contributed by atoms with Crippen LogP contribution >= 0.6 is 0 Å². The Labute approximate surface area is 158 Å². The Kier molecular flexibility index (Phi) is 5.58. The zero-order valence-electron chi connectivity index (χ0n) is 15.4. The van der Waals surface area contributed by atoms with Crippen LogP contribution < -0.4 is 4.74 Å². The lowest BCUT2D eigenvalue weighted by atomic mass is 9.88. The van der Waals surface area contributed by atoms with Crippen molar-refractivity contribution < 1.29 is 8.95 Å². The number of benzene rings is 2. The maximum atomic E-state index is 13.3. The van der Waals surface area contributed by atoms with E-state index in [1.807, 2.05) is 67.6 Å². The van der Waals surface area contributed by atoms with Gasteiger partial charge in [0.05, 0.1) is 22.7 Å². The molecule has 26 heavy (non-hydrogen) atoms. The van der Waals surface area contributed by atoms with Crippen LogP contribution in [0, 0.1) is 12.8 Å². The molecule has 2 aromatic carbocycles. The van der Waals surface area contributed by atoms with E-state index in [0.29, 0.717) is 0 Å². The predicted octanol–water partition coefficient (Wildman–Crippen LogP) is 5.33. The van der Waals surface area contributed by atoms with E-state index in [1.54, 1.807) is 7.11 Å². The highest BCUT2D eigenvalue weighted by Gasteiger charge is 2.37. The summed E-state index contributed by atoms with van der Waals surface area (Å²) in [7, 11) is 0.514. The molecule has 0 heterocycles. The third-order valence-corrected chi connectivity index (χ3v) is 6.65. The quantitative estimate of drug-likeness (QED) is 0.717. The summed E-state index contributed by atoms with van der Waals surface area (Å²) in [5, 5.41) is 0. The zero-order chi connectivity index (χ0) is 18.6. The Morgan fingerprint density at radius 2 is 1.88 bits per heavy atom. The van der Waals surface area contributed by atoms with Crippen LogP contribution in [0.3, 0.4) is 0 Å². The summed E-state index contributed by atoms with van der Waals surface area (Å²) < 4.78 is 18.1. The third-order valence-electron chi connectivity index (χ3n) is 4.74. The van der Waals surface area contributed by atoms with E-state index in [9.17, 15) is 4.21 Å². The molecule has 0 radical (unpaired) electrons. The normalized spacial score (nSPS) is 23.3. The molecule has 3 atom stereocenters. The first-order chi connectivity index (χ1) is 12.5. The largest absolute Gasteiger partial charge is 0.497 e. The molecule has 134 valence electrons. The highest BCUT2D eigenvalue weighted by Crippen LogP contribution is 2.35. The van der Waals surface area contributed by atoms with E-state index in [0.717, 1.165) is 16.2 Å². The van der Waals surface area contributed by atoms with Crippen molar-refractivity contribution in [3.63, 3.8) is 0 Å². The molecule has 3 unspecified atom stereocenters. The smallest absolute Gasteiger partial charge is 0.119 e. The van der Waals surface area contributed by atoms with Gasteiger partial charge in [-0.1, -0.05) is 66.3 Å². The summed E-state index contributed by atoms with van der Waals surface area (Å²) >= 11 is 0. The Bertz CT molecular complexity index is 877. The number of rotatable bonds is 5. The second-order valence-electron chi connectivity index (χ2n) is 6.67. The van der Waals surface area contributed by atoms with Gasteiger partial charge in [0.25, 0.3) is 0 Å². The molecule has 0 saturated heterocycles. The van der Waals surface area contributed by atoms with Crippen molar-refractivity contribution >= 4 is 16.9 Å². The van der Waals surface area contributed by atoms with Gasteiger partial charge in [-0.05, 0) is 43.7 Å². The van der Waals surface area contributed by atoms with Crippen LogP contribution in [0.2, 0.25) is 0 Å². The average molecular weight is 365 g/mol. The molecule has 3 rings (SSSR count). The predicted molar refractivity (Wildman–Crippen MR) is 110 cm³/mol. The molecule has 0 aliphatic heterocycles. The van der Waals surface area contributed by atoms with Crippen molar-refractivity contribution in [1.82, 2.24) is 0 Å². The van der Waals surface area contributed by atoms with Crippen LogP contribution in [0.25, 0.3) is 6.08 Å². The highest BCUT2D eigenvalue weighted by atomic mass is 32.2. The molecule has 0 saturated carbocycles. The van der Waals surface area contributed by atoms with E-state index < -0.39 is 15.5 Å². The van der Waals surface area contributed by atoms with Crippen molar-refractivity contribution in [1.29, 1.82) is 0 Å². The highest BCUT2D eigenvalue weighted by molar-refractivity contribution is 7.86. The van der Waals surface area contributed by atoms with Crippen LogP contribution in [-0.4, -0.2) is 16.1 Å². The van der Waals surface area contributed by atoms with Crippen molar-refractivity contribution in [2.24, 2.45) is 5.92 Å². The monoisotopic (exact) mass is 364 g/mol. The van der Waals surface area contributed by atoms with Crippen molar-refractivity contribution in [2.45, 2.75) is 23.5 Å². The van der Waals surface area contributed by atoms with E-state index >= 15 is 0 Å². The molecule has 0 bridgehead atoms. The Hall–Kier alpha value is -2.39. The summed E-state index contributed by atoms with van der Waals surface area (Å²) in [6.07, 6.45) is 12.4. The number of hydrogen-bond donors (Lipinski definition) is 0. The molecule has 0 amide bonds. The Balaban J connectivity index is 1.88. The van der Waals surface area contributed by atoms with Crippen LogP contribution in [0.4, 0.5) is 0 Å². The van der Waals surface area contributed by atoms with Gasteiger partial charge in [-0.2, -0.15) is 0 Å². The molecule has 2 aromatic rings. The number of ether oxygens (including phenoxy) is 1. The molecule has 2 nitrogen and oxygen atoms in total. The van der Waals surface area contributed by atoms with E-state index in [2.05, 4.69) is 31.2 Å². The lowest BCUT2D eigenvalue weighted by molar-refractivity contribution is 0.414. The molecular weight excluding hydrogens is 340 g/mol. The van der Waals surface area contributed by atoms with Crippen LogP contribution in [0.1, 0.15) is 18.1 Å². The van der Waals surface area contributed by atoms with Gasteiger partial charge >= 0.3 is 0 Å². The molecule has 1 aliphatic rings.